The van der Waals surface area contributed by atoms with Crippen molar-refractivity contribution in [3.8, 4) is 5.75 Å². The Hall–Kier alpha value is -1.22. The summed E-state index contributed by atoms with van der Waals surface area (Å²) in [5.41, 5.74) is 0.753. The minimum Gasteiger partial charge on any atom is -0.493 e. The normalized spacial score (nSPS) is 30.7. The maximum Gasteiger partial charge on any atom is 0.307 e. The smallest absolute Gasteiger partial charge is 0.307 e. The fraction of sp³-hybridized carbons (Fsp3) is 0.417. The predicted octanol–water partition coefficient (Wildman–Crippen LogP) is 2.46. The Morgan fingerprint density at radius 1 is 1.56 bits per heavy atom. The van der Waals surface area contributed by atoms with E-state index < -0.39 is 5.97 Å². The summed E-state index contributed by atoms with van der Waals surface area (Å²) in [4.78, 5) is 11.1. The number of ether oxygens (including phenoxy) is 1. The Bertz CT molecular complexity index is 471. The number of carbonyl (C=O) groups is 1. The highest BCUT2D eigenvalue weighted by Gasteiger charge is 2.61. The molecular formula is C12H11ClO3. The van der Waals surface area contributed by atoms with Crippen LogP contribution >= 0.6 is 11.6 Å². The van der Waals surface area contributed by atoms with E-state index in [1.165, 1.54) is 0 Å². The molecule has 1 heterocycles. The van der Waals surface area contributed by atoms with E-state index in [0.29, 0.717) is 18.1 Å². The lowest BCUT2D eigenvalue weighted by molar-refractivity contribution is -0.139. The fourth-order valence-electron chi connectivity index (χ4n) is 2.70. The molecule has 0 radical (unpaired) electrons. The number of halogens is 1. The van der Waals surface area contributed by atoms with Gasteiger partial charge in [-0.1, -0.05) is 11.6 Å². The second kappa shape index (κ2) is 3.14. The molecule has 0 bridgehead atoms. The van der Waals surface area contributed by atoms with Crippen LogP contribution in [0.3, 0.4) is 0 Å². The maximum absolute atomic E-state index is 11.1. The first-order valence-corrected chi connectivity index (χ1v) is 5.67. The number of aliphatic carboxylic acids is 1. The van der Waals surface area contributed by atoms with Gasteiger partial charge in [-0.2, -0.15) is 0 Å². The molecule has 1 saturated carbocycles. The summed E-state index contributed by atoms with van der Waals surface area (Å²) in [5.74, 6) is -0.194. The molecule has 0 saturated heterocycles. The summed E-state index contributed by atoms with van der Waals surface area (Å²) in [6, 6.07) is 5.45. The Labute approximate surface area is 98.0 Å². The highest BCUT2D eigenvalue weighted by Crippen LogP contribution is 2.60. The molecule has 1 aromatic carbocycles. The number of carboxylic acids is 1. The molecular weight excluding hydrogens is 228 g/mol. The summed E-state index contributed by atoms with van der Waals surface area (Å²) in [5, 5.41) is 9.73. The van der Waals surface area contributed by atoms with Gasteiger partial charge in [0, 0.05) is 16.0 Å². The molecule has 3 rings (SSSR count). The van der Waals surface area contributed by atoms with Crippen molar-refractivity contribution in [2.75, 3.05) is 6.61 Å². The number of hydrogen-bond acceptors (Lipinski definition) is 2. The number of benzene rings is 1. The summed E-state index contributed by atoms with van der Waals surface area (Å²) in [6.07, 6.45) is 1.48. The molecule has 1 spiro atoms. The van der Waals surface area contributed by atoms with Gasteiger partial charge >= 0.3 is 5.97 Å². The standard InChI is InChI=1S/C12H11ClO3/c13-7-1-2-10-8(5-7)12(3-4-16-10)6-9(12)11(14)15/h1-2,5,9H,3-4,6H2,(H,14,15)/t9-,12-/m1/s1. The molecule has 16 heavy (non-hydrogen) atoms. The fourth-order valence-corrected chi connectivity index (χ4v) is 2.87. The predicted molar refractivity (Wildman–Crippen MR) is 59.0 cm³/mol. The van der Waals surface area contributed by atoms with Gasteiger partial charge < -0.3 is 9.84 Å². The molecule has 2 atom stereocenters. The van der Waals surface area contributed by atoms with Crippen molar-refractivity contribution >= 4 is 17.6 Å². The van der Waals surface area contributed by atoms with E-state index in [4.69, 9.17) is 21.4 Å². The van der Waals surface area contributed by atoms with Crippen molar-refractivity contribution < 1.29 is 14.6 Å². The van der Waals surface area contributed by atoms with Crippen LogP contribution in [0.15, 0.2) is 18.2 Å². The molecule has 2 aliphatic rings. The van der Waals surface area contributed by atoms with E-state index in [1.54, 1.807) is 6.07 Å². The molecule has 4 heteroatoms. The van der Waals surface area contributed by atoms with E-state index in [0.717, 1.165) is 17.7 Å². The van der Waals surface area contributed by atoms with Gasteiger partial charge in [-0.05, 0) is 31.0 Å². The van der Waals surface area contributed by atoms with Gasteiger partial charge in [0.15, 0.2) is 0 Å². The van der Waals surface area contributed by atoms with Crippen molar-refractivity contribution in [1.82, 2.24) is 0 Å². The van der Waals surface area contributed by atoms with Gasteiger partial charge in [-0.3, -0.25) is 4.79 Å². The van der Waals surface area contributed by atoms with Crippen molar-refractivity contribution in [2.24, 2.45) is 5.92 Å². The first-order chi connectivity index (χ1) is 7.63. The molecule has 1 aliphatic carbocycles. The molecule has 1 aliphatic heterocycles. The zero-order valence-electron chi connectivity index (χ0n) is 8.57. The lowest BCUT2D eigenvalue weighted by Crippen LogP contribution is -2.24. The molecule has 1 fully saturated rings. The van der Waals surface area contributed by atoms with Crippen LogP contribution in [-0.2, 0) is 10.2 Å². The van der Waals surface area contributed by atoms with Crippen molar-refractivity contribution in [3.05, 3.63) is 28.8 Å². The summed E-state index contributed by atoms with van der Waals surface area (Å²) < 4.78 is 5.53. The van der Waals surface area contributed by atoms with Crippen LogP contribution in [0.2, 0.25) is 5.02 Å². The van der Waals surface area contributed by atoms with Crippen molar-refractivity contribution in [1.29, 1.82) is 0 Å². The number of hydrogen-bond donors (Lipinski definition) is 1. The topological polar surface area (TPSA) is 46.5 Å². The molecule has 0 aromatic heterocycles. The van der Waals surface area contributed by atoms with Gasteiger partial charge in [0.05, 0.1) is 12.5 Å². The third kappa shape index (κ3) is 1.24. The van der Waals surface area contributed by atoms with Crippen LogP contribution in [0.25, 0.3) is 0 Å². The Balaban J connectivity index is 2.07. The SMILES string of the molecule is O=C(O)[C@H]1C[C@@]12CCOc1ccc(Cl)cc12. The summed E-state index contributed by atoms with van der Waals surface area (Å²) in [6.45, 7) is 0.596. The molecule has 0 unspecified atom stereocenters. The first kappa shape index (κ1) is 9.97. The zero-order chi connectivity index (χ0) is 11.3. The quantitative estimate of drug-likeness (QED) is 0.818. The van der Waals surface area contributed by atoms with Gasteiger partial charge in [0.2, 0.25) is 0 Å². The molecule has 84 valence electrons. The largest absolute Gasteiger partial charge is 0.493 e. The van der Waals surface area contributed by atoms with Crippen LogP contribution < -0.4 is 4.74 Å². The van der Waals surface area contributed by atoms with Crippen molar-refractivity contribution in [3.63, 3.8) is 0 Å². The highest BCUT2D eigenvalue weighted by molar-refractivity contribution is 6.30. The number of rotatable bonds is 1. The Morgan fingerprint density at radius 2 is 2.38 bits per heavy atom. The van der Waals surface area contributed by atoms with Crippen LogP contribution in [0.5, 0.6) is 5.75 Å². The highest BCUT2D eigenvalue weighted by atomic mass is 35.5. The minimum absolute atomic E-state index is 0.218. The zero-order valence-corrected chi connectivity index (χ0v) is 9.33. The number of carboxylic acid groups (broad SMARTS) is 1. The summed E-state index contributed by atoms with van der Waals surface area (Å²) in [7, 11) is 0. The van der Waals surface area contributed by atoms with E-state index in [2.05, 4.69) is 0 Å². The van der Waals surface area contributed by atoms with Crippen LogP contribution in [0.1, 0.15) is 18.4 Å². The van der Waals surface area contributed by atoms with Crippen LogP contribution in [-0.4, -0.2) is 17.7 Å². The Kier molecular flexibility index (Phi) is 1.96. The van der Waals surface area contributed by atoms with E-state index in [-0.39, 0.29) is 11.3 Å². The van der Waals surface area contributed by atoms with Gasteiger partial charge in [-0.15, -0.1) is 0 Å². The maximum atomic E-state index is 11.1. The van der Waals surface area contributed by atoms with E-state index >= 15 is 0 Å². The van der Waals surface area contributed by atoms with Gasteiger partial charge in [-0.25, -0.2) is 0 Å². The molecule has 1 N–H and O–H groups in total. The lowest BCUT2D eigenvalue weighted by Gasteiger charge is -2.26. The second-order valence-electron chi connectivity index (χ2n) is 4.49. The second-order valence-corrected chi connectivity index (χ2v) is 4.93. The molecule has 1 aromatic rings. The van der Waals surface area contributed by atoms with Crippen molar-refractivity contribution in [2.45, 2.75) is 18.3 Å². The lowest BCUT2D eigenvalue weighted by atomic mass is 9.87. The third-order valence-electron chi connectivity index (χ3n) is 3.66. The number of fused-ring (bicyclic) bond motifs is 2. The monoisotopic (exact) mass is 238 g/mol. The minimum atomic E-state index is -0.715. The van der Waals surface area contributed by atoms with Crippen LogP contribution in [0.4, 0.5) is 0 Å². The summed E-state index contributed by atoms with van der Waals surface area (Å²) >= 11 is 5.96. The Morgan fingerprint density at radius 3 is 3.06 bits per heavy atom. The average molecular weight is 239 g/mol. The van der Waals surface area contributed by atoms with Crippen LogP contribution in [0, 0.1) is 5.92 Å². The molecule has 3 nitrogen and oxygen atoms in total. The van der Waals surface area contributed by atoms with E-state index in [1.807, 2.05) is 12.1 Å². The van der Waals surface area contributed by atoms with Gasteiger partial charge in [0.1, 0.15) is 5.75 Å². The molecule has 0 amide bonds. The third-order valence-corrected chi connectivity index (χ3v) is 3.89. The van der Waals surface area contributed by atoms with E-state index in [9.17, 15) is 4.79 Å². The first-order valence-electron chi connectivity index (χ1n) is 5.29. The van der Waals surface area contributed by atoms with Gasteiger partial charge in [0.25, 0.3) is 0 Å². The average Bonchev–Trinajstić information content (AvgIpc) is 2.96.